The van der Waals surface area contributed by atoms with E-state index < -0.39 is 12.0 Å². The van der Waals surface area contributed by atoms with E-state index in [0.717, 1.165) is 33.9 Å². The number of benzene rings is 3. The van der Waals surface area contributed by atoms with Gasteiger partial charge >= 0.3 is 5.97 Å². The summed E-state index contributed by atoms with van der Waals surface area (Å²) < 4.78 is 21.8. The molecule has 0 aromatic heterocycles. The fraction of sp³-hybridized carbons (Fsp3) is 0.241. The molecule has 6 rings (SSSR count). The van der Waals surface area contributed by atoms with Gasteiger partial charge in [0.25, 0.3) is 0 Å². The van der Waals surface area contributed by atoms with E-state index in [1.54, 1.807) is 6.07 Å². The molecule has 0 radical (unpaired) electrons. The van der Waals surface area contributed by atoms with Crippen LogP contribution in [0.1, 0.15) is 42.9 Å². The number of para-hydroxylation sites is 2. The van der Waals surface area contributed by atoms with Crippen molar-refractivity contribution in [2.75, 3.05) is 24.5 Å². The lowest BCUT2D eigenvalue weighted by molar-refractivity contribution is -0.132. The Bertz CT molecular complexity index is 1450. The van der Waals surface area contributed by atoms with Crippen LogP contribution in [0, 0.1) is 0 Å². The number of anilines is 2. The lowest BCUT2D eigenvalue weighted by Gasteiger charge is -2.30. The van der Waals surface area contributed by atoms with Crippen LogP contribution in [0.3, 0.4) is 0 Å². The van der Waals surface area contributed by atoms with Crippen LogP contribution >= 0.6 is 0 Å². The fourth-order valence-electron chi connectivity index (χ4n) is 5.25. The molecule has 1 aliphatic carbocycles. The zero-order chi connectivity index (χ0) is 25.5. The lowest BCUT2D eigenvalue weighted by atomic mass is 9.78. The number of ketones is 1. The number of allylic oxidation sites excluding steroid dienone is 1. The Labute approximate surface area is 214 Å². The van der Waals surface area contributed by atoms with Crippen molar-refractivity contribution in [2.45, 2.75) is 31.7 Å². The summed E-state index contributed by atoms with van der Waals surface area (Å²) in [4.78, 5) is 25.3. The van der Waals surface area contributed by atoms with Crippen LogP contribution in [0.25, 0.3) is 0 Å². The summed E-state index contributed by atoms with van der Waals surface area (Å²) in [6.07, 6.45) is 1.03. The Hall–Kier alpha value is -4.46. The van der Waals surface area contributed by atoms with Crippen molar-refractivity contribution in [2.24, 2.45) is 0 Å². The highest BCUT2D eigenvalue weighted by Crippen LogP contribution is 2.46. The molecule has 2 aliphatic heterocycles. The smallest absolute Gasteiger partial charge is 0.308 e. The maximum absolute atomic E-state index is 13.8. The minimum absolute atomic E-state index is 0.0000379. The molecule has 2 atom stereocenters. The molecule has 0 spiro atoms. The van der Waals surface area contributed by atoms with Gasteiger partial charge in [-0.05, 0) is 59.9 Å². The number of esters is 1. The second-order valence-electron chi connectivity index (χ2n) is 9.29. The number of fused-ring (bicyclic) bond motifs is 2. The van der Waals surface area contributed by atoms with Gasteiger partial charge in [0, 0.05) is 24.6 Å². The number of Topliss-reactive ketones (excluding diaryl/α,β-unsaturated/α-hetero) is 1. The molecule has 2 N–H and O–H groups in total. The number of ether oxygens (including phenoxy) is 4. The average Bonchev–Trinajstić information content (AvgIpc) is 3.29. The van der Waals surface area contributed by atoms with Crippen LogP contribution in [0.4, 0.5) is 11.4 Å². The SMILES string of the molecule is COc1cc([C@H]2Nc3ccccc3NC3=C2C(=O)C[C@H](c2ccc4c(c2)OCO4)C3)ccc1OC(C)=O. The molecular weight excluding hydrogens is 472 g/mol. The van der Waals surface area contributed by atoms with Crippen molar-refractivity contribution in [1.29, 1.82) is 0 Å². The largest absolute Gasteiger partial charge is 0.493 e. The minimum Gasteiger partial charge on any atom is -0.493 e. The summed E-state index contributed by atoms with van der Waals surface area (Å²) in [5.74, 6) is 1.82. The highest BCUT2D eigenvalue weighted by atomic mass is 16.7. The summed E-state index contributed by atoms with van der Waals surface area (Å²) >= 11 is 0. The van der Waals surface area contributed by atoms with Crippen molar-refractivity contribution < 1.29 is 28.5 Å². The third kappa shape index (κ3) is 4.24. The topological polar surface area (TPSA) is 95.1 Å². The maximum Gasteiger partial charge on any atom is 0.308 e. The molecule has 3 aromatic rings. The van der Waals surface area contributed by atoms with E-state index in [9.17, 15) is 9.59 Å². The second kappa shape index (κ2) is 9.20. The normalized spacial score (nSPS) is 19.7. The molecule has 0 fully saturated rings. The van der Waals surface area contributed by atoms with E-state index >= 15 is 0 Å². The third-order valence-corrected chi connectivity index (χ3v) is 6.95. The third-order valence-electron chi connectivity index (χ3n) is 6.95. The molecule has 3 aromatic carbocycles. The van der Waals surface area contributed by atoms with Crippen molar-refractivity contribution in [3.05, 3.63) is 83.1 Å². The van der Waals surface area contributed by atoms with Gasteiger partial charge in [0.2, 0.25) is 6.79 Å². The first-order chi connectivity index (χ1) is 18.0. The van der Waals surface area contributed by atoms with Crippen LogP contribution in [-0.4, -0.2) is 25.7 Å². The molecule has 0 bridgehead atoms. The van der Waals surface area contributed by atoms with E-state index in [1.807, 2.05) is 54.6 Å². The van der Waals surface area contributed by atoms with Gasteiger partial charge in [0.1, 0.15) is 0 Å². The zero-order valence-electron chi connectivity index (χ0n) is 20.5. The minimum atomic E-state index is -0.432. The van der Waals surface area contributed by atoms with Crippen LogP contribution in [-0.2, 0) is 9.59 Å². The van der Waals surface area contributed by atoms with E-state index in [-0.39, 0.29) is 18.5 Å². The van der Waals surface area contributed by atoms with Gasteiger partial charge in [0.15, 0.2) is 28.8 Å². The van der Waals surface area contributed by atoms with Crippen LogP contribution in [0.15, 0.2) is 71.9 Å². The Balaban J connectivity index is 1.42. The number of carbonyl (C=O) groups excluding carboxylic acids is 2. The van der Waals surface area contributed by atoms with E-state index in [2.05, 4.69) is 10.6 Å². The Morgan fingerprint density at radius 2 is 1.70 bits per heavy atom. The van der Waals surface area contributed by atoms with Gasteiger partial charge in [-0.15, -0.1) is 0 Å². The first-order valence-electron chi connectivity index (χ1n) is 12.1. The molecule has 0 amide bonds. The average molecular weight is 499 g/mol. The molecule has 2 heterocycles. The number of nitrogens with one attached hydrogen (secondary N) is 2. The monoisotopic (exact) mass is 498 g/mol. The fourth-order valence-corrected chi connectivity index (χ4v) is 5.25. The summed E-state index contributed by atoms with van der Waals surface area (Å²) in [5.41, 5.74) is 5.23. The van der Waals surface area contributed by atoms with E-state index in [0.29, 0.717) is 35.7 Å². The Kier molecular flexibility index (Phi) is 5.71. The molecule has 0 saturated carbocycles. The summed E-state index contributed by atoms with van der Waals surface area (Å²) in [5, 5.41) is 7.11. The van der Waals surface area contributed by atoms with Crippen LogP contribution in [0.2, 0.25) is 0 Å². The predicted octanol–water partition coefficient (Wildman–Crippen LogP) is 5.33. The molecular formula is C29H26N2O6. The van der Waals surface area contributed by atoms with Gasteiger partial charge < -0.3 is 29.6 Å². The van der Waals surface area contributed by atoms with Gasteiger partial charge in [-0.2, -0.15) is 0 Å². The number of hydrogen-bond acceptors (Lipinski definition) is 8. The highest BCUT2D eigenvalue weighted by Gasteiger charge is 2.36. The molecule has 37 heavy (non-hydrogen) atoms. The van der Waals surface area contributed by atoms with Gasteiger partial charge in [-0.3, -0.25) is 9.59 Å². The van der Waals surface area contributed by atoms with Gasteiger partial charge in [0.05, 0.1) is 24.5 Å². The molecule has 188 valence electrons. The lowest BCUT2D eigenvalue weighted by Crippen LogP contribution is -2.27. The second-order valence-corrected chi connectivity index (χ2v) is 9.29. The standard InChI is InChI=1S/C29H26N2O6/c1-16(32)37-25-10-8-18(14-26(25)34-2)29-28-22(30-20-5-3-4-6-21(20)31-29)11-19(12-23(28)33)17-7-9-24-27(13-17)36-15-35-24/h3-10,13-14,19,29-31H,11-12,15H2,1-2H3/t19-,29-/m1/s1. The number of methoxy groups -OCH3 is 1. The van der Waals surface area contributed by atoms with Gasteiger partial charge in [-0.1, -0.05) is 24.3 Å². The summed E-state index contributed by atoms with van der Waals surface area (Å²) in [6, 6.07) is 18.7. The first-order valence-corrected chi connectivity index (χ1v) is 12.1. The summed E-state index contributed by atoms with van der Waals surface area (Å²) in [7, 11) is 1.52. The molecule has 8 heteroatoms. The zero-order valence-corrected chi connectivity index (χ0v) is 20.5. The summed E-state index contributed by atoms with van der Waals surface area (Å²) in [6.45, 7) is 1.56. The van der Waals surface area contributed by atoms with E-state index in [4.69, 9.17) is 18.9 Å². The van der Waals surface area contributed by atoms with Gasteiger partial charge in [-0.25, -0.2) is 0 Å². The molecule has 3 aliphatic rings. The van der Waals surface area contributed by atoms with Crippen molar-refractivity contribution in [3.63, 3.8) is 0 Å². The van der Waals surface area contributed by atoms with E-state index in [1.165, 1.54) is 14.0 Å². The molecule has 8 nitrogen and oxygen atoms in total. The number of carbonyl (C=O) groups is 2. The van der Waals surface area contributed by atoms with Crippen molar-refractivity contribution >= 4 is 23.1 Å². The quantitative estimate of drug-likeness (QED) is 0.368. The molecule has 0 saturated heterocycles. The van der Waals surface area contributed by atoms with Crippen LogP contribution in [0.5, 0.6) is 23.0 Å². The van der Waals surface area contributed by atoms with Crippen molar-refractivity contribution in [1.82, 2.24) is 0 Å². The number of hydrogen-bond donors (Lipinski definition) is 2. The Morgan fingerprint density at radius 3 is 2.51 bits per heavy atom. The first kappa shape index (κ1) is 23.0. The van der Waals surface area contributed by atoms with Crippen molar-refractivity contribution in [3.8, 4) is 23.0 Å². The number of rotatable bonds is 4. The highest BCUT2D eigenvalue weighted by molar-refractivity contribution is 6.01. The van der Waals surface area contributed by atoms with Crippen LogP contribution < -0.4 is 29.6 Å². The molecule has 0 unspecified atom stereocenters. The Morgan fingerprint density at radius 1 is 0.919 bits per heavy atom. The maximum atomic E-state index is 13.8. The predicted molar refractivity (Wildman–Crippen MR) is 137 cm³/mol.